The van der Waals surface area contributed by atoms with Crippen LogP contribution in [0.25, 0.3) is 0 Å². The van der Waals surface area contributed by atoms with Gasteiger partial charge in [-0.05, 0) is 43.2 Å². The Kier molecular flexibility index (Phi) is 4.81. The molecule has 0 fully saturated rings. The van der Waals surface area contributed by atoms with Gasteiger partial charge >= 0.3 is 0 Å². The number of halogens is 1. The molecule has 0 bridgehead atoms. The lowest BCUT2D eigenvalue weighted by Gasteiger charge is -2.17. The normalized spacial score (nSPS) is 11.8. The van der Waals surface area contributed by atoms with E-state index < -0.39 is 0 Å². The number of anilines is 2. The lowest BCUT2D eigenvalue weighted by molar-refractivity contribution is -0.114. The van der Waals surface area contributed by atoms with Gasteiger partial charge in [-0.1, -0.05) is 23.7 Å². The monoisotopic (exact) mass is 303 g/mol. The van der Waals surface area contributed by atoms with Gasteiger partial charge in [0.2, 0.25) is 5.91 Å². The second-order valence-corrected chi connectivity index (χ2v) is 5.38. The standard InChI is InChI=1S/C16H18ClN3O/c1-10-7-15(16(17)18-9-10)19-11(2)13-5-4-6-14(8-13)20-12(3)21/h4-9,11,19H,1-3H3,(H,20,21). The van der Waals surface area contributed by atoms with Gasteiger partial charge in [0.1, 0.15) is 0 Å². The molecule has 0 aliphatic carbocycles. The fourth-order valence-corrected chi connectivity index (χ4v) is 2.22. The third-order valence-electron chi connectivity index (χ3n) is 3.05. The van der Waals surface area contributed by atoms with Gasteiger partial charge in [-0.15, -0.1) is 0 Å². The Morgan fingerprint density at radius 3 is 2.81 bits per heavy atom. The largest absolute Gasteiger partial charge is 0.376 e. The van der Waals surface area contributed by atoms with E-state index >= 15 is 0 Å². The van der Waals surface area contributed by atoms with Gasteiger partial charge in [-0.2, -0.15) is 0 Å². The molecule has 0 aliphatic heterocycles. The molecular weight excluding hydrogens is 286 g/mol. The molecule has 2 rings (SSSR count). The van der Waals surface area contributed by atoms with Crippen LogP contribution in [0.15, 0.2) is 36.5 Å². The van der Waals surface area contributed by atoms with Crippen molar-refractivity contribution in [3.8, 4) is 0 Å². The van der Waals surface area contributed by atoms with Crippen LogP contribution in [-0.2, 0) is 4.79 Å². The molecule has 1 aromatic heterocycles. The fourth-order valence-electron chi connectivity index (χ4n) is 2.06. The first-order chi connectivity index (χ1) is 9.95. The molecule has 0 aliphatic rings. The molecular formula is C16H18ClN3O. The van der Waals surface area contributed by atoms with E-state index in [2.05, 4.69) is 15.6 Å². The number of nitrogens with one attached hydrogen (secondary N) is 2. The van der Waals surface area contributed by atoms with Gasteiger partial charge in [-0.25, -0.2) is 4.98 Å². The van der Waals surface area contributed by atoms with Gasteiger partial charge in [0.05, 0.1) is 5.69 Å². The minimum atomic E-state index is -0.0845. The number of amides is 1. The van der Waals surface area contributed by atoms with Gasteiger partial charge < -0.3 is 10.6 Å². The molecule has 2 N–H and O–H groups in total. The number of hydrogen-bond donors (Lipinski definition) is 2. The highest BCUT2D eigenvalue weighted by molar-refractivity contribution is 6.32. The van der Waals surface area contributed by atoms with Crippen molar-refractivity contribution >= 4 is 28.9 Å². The Balaban J connectivity index is 2.18. The Hall–Kier alpha value is -2.07. The van der Waals surface area contributed by atoms with E-state index in [1.807, 2.05) is 44.2 Å². The summed E-state index contributed by atoms with van der Waals surface area (Å²) in [5.74, 6) is -0.0845. The van der Waals surface area contributed by atoms with Crippen LogP contribution in [0.2, 0.25) is 5.15 Å². The van der Waals surface area contributed by atoms with Gasteiger partial charge in [0, 0.05) is 24.8 Å². The molecule has 0 spiro atoms. The van der Waals surface area contributed by atoms with Gasteiger partial charge in [0.15, 0.2) is 5.15 Å². The second-order valence-electron chi connectivity index (χ2n) is 5.02. The van der Waals surface area contributed by atoms with Crippen LogP contribution < -0.4 is 10.6 Å². The first-order valence-electron chi connectivity index (χ1n) is 6.72. The molecule has 0 saturated heterocycles. The summed E-state index contributed by atoms with van der Waals surface area (Å²) in [6, 6.07) is 9.72. The average Bonchev–Trinajstić information content (AvgIpc) is 2.42. The van der Waals surface area contributed by atoms with Crippen LogP contribution in [0.3, 0.4) is 0 Å². The third kappa shape index (κ3) is 4.20. The fraction of sp³-hybridized carbons (Fsp3) is 0.250. The van der Waals surface area contributed by atoms with Crippen molar-refractivity contribution in [2.24, 2.45) is 0 Å². The number of rotatable bonds is 4. The summed E-state index contributed by atoms with van der Waals surface area (Å²) < 4.78 is 0. The highest BCUT2D eigenvalue weighted by Gasteiger charge is 2.09. The molecule has 21 heavy (non-hydrogen) atoms. The summed E-state index contributed by atoms with van der Waals surface area (Å²) in [5.41, 5.74) is 3.68. The lowest BCUT2D eigenvalue weighted by Crippen LogP contribution is -2.10. The summed E-state index contributed by atoms with van der Waals surface area (Å²) in [4.78, 5) is 15.2. The van der Waals surface area contributed by atoms with Crippen LogP contribution in [0.4, 0.5) is 11.4 Å². The summed E-state index contributed by atoms with van der Waals surface area (Å²) in [5, 5.41) is 6.57. The first kappa shape index (κ1) is 15.3. The Morgan fingerprint density at radius 1 is 1.33 bits per heavy atom. The molecule has 110 valence electrons. The molecule has 1 amide bonds. The maximum Gasteiger partial charge on any atom is 0.221 e. The van der Waals surface area contributed by atoms with Crippen LogP contribution in [0.1, 0.15) is 31.0 Å². The van der Waals surface area contributed by atoms with Crippen molar-refractivity contribution in [3.05, 3.63) is 52.8 Å². The van der Waals surface area contributed by atoms with Crippen LogP contribution in [0.5, 0.6) is 0 Å². The Labute approximate surface area is 129 Å². The third-order valence-corrected chi connectivity index (χ3v) is 3.36. The number of benzene rings is 1. The smallest absolute Gasteiger partial charge is 0.221 e. The van der Waals surface area contributed by atoms with Crippen molar-refractivity contribution < 1.29 is 4.79 Å². The number of hydrogen-bond acceptors (Lipinski definition) is 3. The molecule has 0 saturated carbocycles. The van der Waals surface area contributed by atoms with E-state index in [1.54, 1.807) is 6.20 Å². The number of pyridine rings is 1. The highest BCUT2D eigenvalue weighted by Crippen LogP contribution is 2.26. The van der Waals surface area contributed by atoms with Gasteiger partial charge in [-0.3, -0.25) is 4.79 Å². The second kappa shape index (κ2) is 6.59. The van der Waals surface area contributed by atoms with E-state index in [9.17, 15) is 4.79 Å². The quantitative estimate of drug-likeness (QED) is 0.833. The number of aromatic nitrogens is 1. The predicted molar refractivity (Wildman–Crippen MR) is 86.8 cm³/mol. The Bertz CT molecular complexity index is 658. The van der Waals surface area contributed by atoms with E-state index in [0.717, 1.165) is 22.5 Å². The molecule has 1 unspecified atom stereocenters. The minimum Gasteiger partial charge on any atom is -0.376 e. The maximum absolute atomic E-state index is 11.1. The highest BCUT2D eigenvalue weighted by atomic mass is 35.5. The van der Waals surface area contributed by atoms with Crippen molar-refractivity contribution in [2.45, 2.75) is 26.8 Å². The minimum absolute atomic E-state index is 0.0415. The number of nitrogens with zero attached hydrogens (tertiary/aromatic N) is 1. The number of carbonyl (C=O) groups is 1. The summed E-state index contributed by atoms with van der Waals surface area (Å²) in [7, 11) is 0. The maximum atomic E-state index is 11.1. The topological polar surface area (TPSA) is 54.0 Å². The van der Waals surface area contributed by atoms with E-state index in [4.69, 9.17) is 11.6 Å². The lowest BCUT2D eigenvalue weighted by atomic mass is 10.1. The average molecular weight is 304 g/mol. The zero-order valence-electron chi connectivity index (χ0n) is 12.3. The van der Waals surface area contributed by atoms with Crippen LogP contribution >= 0.6 is 11.6 Å². The molecule has 1 aromatic carbocycles. The van der Waals surface area contributed by atoms with Crippen molar-refractivity contribution in [1.29, 1.82) is 0 Å². The van der Waals surface area contributed by atoms with Crippen LogP contribution in [-0.4, -0.2) is 10.9 Å². The molecule has 1 heterocycles. The summed E-state index contributed by atoms with van der Waals surface area (Å²) in [6.45, 7) is 5.49. The van der Waals surface area contributed by atoms with Crippen molar-refractivity contribution in [1.82, 2.24) is 4.98 Å². The zero-order valence-corrected chi connectivity index (χ0v) is 13.0. The van der Waals surface area contributed by atoms with Crippen LogP contribution in [0, 0.1) is 6.92 Å². The first-order valence-corrected chi connectivity index (χ1v) is 7.09. The Morgan fingerprint density at radius 2 is 2.10 bits per heavy atom. The SMILES string of the molecule is CC(=O)Nc1cccc(C(C)Nc2cc(C)cnc2Cl)c1. The summed E-state index contributed by atoms with van der Waals surface area (Å²) >= 11 is 6.10. The number of carbonyl (C=O) groups excluding carboxylic acids is 1. The molecule has 0 radical (unpaired) electrons. The summed E-state index contributed by atoms with van der Waals surface area (Å²) in [6.07, 6.45) is 1.73. The molecule has 5 heteroatoms. The van der Waals surface area contributed by atoms with E-state index in [1.165, 1.54) is 6.92 Å². The molecule has 2 aromatic rings. The van der Waals surface area contributed by atoms with Crippen molar-refractivity contribution in [2.75, 3.05) is 10.6 Å². The molecule has 4 nitrogen and oxygen atoms in total. The molecule has 1 atom stereocenters. The zero-order chi connectivity index (χ0) is 15.4. The van der Waals surface area contributed by atoms with E-state index in [-0.39, 0.29) is 11.9 Å². The predicted octanol–water partition coefficient (Wildman–Crippen LogP) is 4.17. The van der Waals surface area contributed by atoms with Gasteiger partial charge in [0.25, 0.3) is 0 Å². The number of aryl methyl sites for hydroxylation is 1. The van der Waals surface area contributed by atoms with E-state index in [0.29, 0.717) is 5.15 Å². The van der Waals surface area contributed by atoms with Crippen molar-refractivity contribution in [3.63, 3.8) is 0 Å².